The van der Waals surface area contributed by atoms with Gasteiger partial charge in [-0.2, -0.15) is 5.10 Å². The first-order chi connectivity index (χ1) is 11.4. The van der Waals surface area contributed by atoms with Gasteiger partial charge >= 0.3 is 0 Å². The van der Waals surface area contributed by atoms with Gasteiger partial charge in [0.15, 0.2) is 0 Å². The van der Waals surface area contributed by atoms with Crippen LogP contribution < -0.4 is 4.72 Å². The Bertz CT molecular complexity index is 858. The second kappa shape index (κ2) is 6.31. The molecule has 1 heterocycles. The van der Waals surface area contributed by atoms with E-state index in [0.29, 0.717) is 30.7 Å². The maximum atomic E-state index is 13.0. The molecule has 0 saturated heterocycles. The molecule has 0 bridgehead atoms. The Morgan fingerprint density at radius 3 is 2.67 bits per heavy atom. The largest absolute Gasteiger partial charge is 0.391 e. The molecule has 7 heteroatoms. The normalized spacial score (nSPS) is 20.3. The van der Waals surface area contributed by atoms with E-state index < -0.39 is 22.2 Å². The van der Waals surface area contributed by atoms with Gasteiger partial charge in [-0.3, -0.25) is 4.68 Å². The molecule has 1 aliphatic rings. The number of rotatable bonds is 5. The number of benzene rings is 1. The zero-order valence-corrected chi connectivity index (χ0v) is 15.0. The van der Waals surface area contributed by atoms with Crippen molar-refractivity contribution in [3.63, 3.8) is 0 Å². The summed E-state index contributed by atoms with van der Waals surface area (Å²) >= 11 is 0. The Kier molecular flexibility index (Phi) is 4.50. The van der Waals surface area contributed by atoms with E-state index in [0.717, 1.165) is 11.1 Å². The van der Waals surface area contributed by atoms with Crippen molar-refractivity contribution in [2.75, 3.05) is 0 Å². The van der Waals surface area contributed by atoms with Crippen LogP contribution in [0.25, 0.3) is 0 Å². The van der Waals surface area contributed by atoms with E-state index in [-0.39, 0.29) is 4.90 Å². The van der Waals surface area contributed by atoms with E-state index >= 15 is 0 Å². The van der Waals surface area contributed by atoms with Gasteiger partial charge in [0, 0.05) is 13.5 Å². The van der Waals surface area contributed by atoms with E-state index in [4.69, 9.17) is 0 Å². The summed E-state index contributed by atoms with van der Waals surface area (Å²) in [7, 11) is -2.02. The summed E-state index contributed by atoms with van der Waals surface area (Å²) in [6.07, 6.45) is 0.804. The number of aliphatic hydroxyl groups is 1. The lowest BCUT2D eigenvalue weighted by Crippen LogP contribution is -2.34. The second-order valence-electron chi connectivity index (χ2n) is 6.12. The van der Waals surface area contributed by atoms with Gasteiger partial charge in [-0.1, -0.05) is 38.1 Å². The number of hydrogen-bond donors (Lipinski definition) is 2. The number of nitrogens with one attached hydrogen (secondary N) is 1. The van der Waals surface area contributed by atoms with Crippen molar-refractivity contribution in [1.82, 2.24) is 14.5 Å². The van der Waals surface area contributed by atoms with Gasteiger partial charge in [-0.25, -0.2) is 13.1 Å². The van der Waals surface area contributed by atoms with Crippen molar-refractivity contribution in [1.29, 1.82) is 0 Å². The van der Waals surface area contributed by atoms with Crippen LogP contribution in [0.15, 0.2) is 29.2 Å². The molecule has 0 fully saturated rings. The lowest BCUT2D eigenvalue weighted by molar-refractivity contribution is 0.151. The molecular weight excluding hydrogens is 326 g/mol. The quantitative estimate of drug-likeness (QED) is 0.856. The number of aryl methyl sites for hydroxylation is 2. The highest BCUT2D eigenvalue weighted by Crippen LogP contribution is 2.33. The van der Waals surface area contributed by atoms with Crippen LogP contribution in [-0.2, 0) is 36.3 Å². The number of fused-ring (bicyclic) bond motifs is 1. The summed E-state index contributed by atoms with van der Waals surface area (Å²) in [6, 6.07) is 6.92. The van der Waals surface area contributed by atoms with Crippen LogP contribution in [0.1, 0.15) is 42.4 Å². The first kappa shape index (κ1) is 17.1. The highest BCUT2D eigenvalue weighted by atomic mass is 32.2. The highest BCUT2D eigenvalue weighted by molar-refractivity contribution is 7.89. The molecule has 2 atom stereocenters. The molecule has 1 aromatic heterocycles. The third kappa shape index (κ3) is 2.76. The van der Waals surface area contributed by atoms with Gasteiger partial charge in [0.05, 0.1) is 23.5 Å². The summed E-state index contributed by atoms with van der Waals surface area (Å²) < 4.78 is 30.4. The number of aromatic nitrogens is 2. The van der Waals surface area contributed by atoms with Gasteiger partial charge in [0.25, 0.3) is 0 Å². The first-order valence-corrected chi connectivity index (χ1v) is 9.70. The maximum absolute atomic E-state index is 13.0. The van der Waals surface area contributed by atoms with Crippen LogP contribution in [0.3, 0.4) is 0 Å². The van der Waals surface area contributed by atoms with Crippen LogP contribution in [0.4, 0.5) is 0 Å². The van der Waals surface area contributed by atoms with Gasteiger partial charge in [0.1, 0.15) is 4.90 Å². The Hall–Kier alpha value is -1.70. The van der Waals surface area contributed by atoms with Crippen LogP contribution >= 0.6 is 0 Å². The predicted octanol–water partition coefficient (Wildman–Crippen LogP) is 1.48. The van der Waals surface area contributed by atoms with Crippen molar-refractivity contribution in [2.45, 2.75) is 50.2 Å². The van der Waals surface area contributed by atoms with Crippen LogP contribution in [0, 0.1) is 0 Å². The number of nitrogens with zero attached hydrogens (tertiary/aromatic N) is 2. The Morgan fingerprint density at radius 2 is 2.00 bits per heavy atom. The average Bonchev–Trinajstić information content (AvgIpc) is 3.04. The fourth-order valence-electron chi connectivity index (χ4n) is 3.47. The monoisotopic (exact) mass is 349 g/mol. The summed E-state index contributed by atoms with van der Waals surface area (Å²) in [5.74, 6) is 0. The SMILES string of the molecule is CCc1nn(C)c(CC)c1S(=O)(=O)NC1c2ccccc2CC1O. The molecule has 3 rings (SSSR count). The molecule has 2 N–H and O–H groups in total. The lowest BCUT2D eigenvalue weighted by atomic mass is 10.1. The van der Waals surface area contributed by atoms with Crippen molar-refractivity contribution in [3.8, 4) is 0 Å². The molecule has 6 nitrogen and oxygen atoms in total. The molecular formula is C17H23N3O3S. The average molecular weight is 349 g/mol. The zero-order valence-electron chi connectivity index (χ0n) is 14.2. The van der Waals surface area contributed by atoms with Gasteiger partial charge in [0.2, 0.25) is 10.0 Å². The topological polar surface area (TPSA) is 84.2 Å². The minimum Gasteiger partial charge on any atom is -0.391 e. The van der Waals surface area contributed by atoms with Crippen LogP contribution in [-0.4, -0.2) is 29.4 Å². The summed E-state index contributed by atoms with van der Waals surface area (Å²) in [5.41, 5.74) is 3.06. The molecule has 2 aromatic rings. The molecule has 1 aromatic carbocycles. The molecule has 24 heavy (non-hydrogen) atoms. The van der Waals surface area contributed by atoms with E-state index in [1.807, 2.05) is 38.1 Å². The molecule has 130 valence electrons. The van der Waals surface area contributed by atoms with E-state index in [1.54, 1.807) is 11.7 Å². The number of aliphatic hydroxyl groups excluding tert-OH is 1. The van der Waals surface area contributed by atoms with E-state index in [9.17, 15) is 13.5 Å². The summed E-state index contributed by atoms with van der Waals surface area (Å²) in [5, 5.41) is 14.7. The van der Waals surface area contributed by atoms with Crippen LogP contribution in [0.5, 0.6) is 0 Å². The van der Waals surface area contributed by atoms with E-state index in [1.165, 1.54) is 0 Å². The Morgan fingerprint density at radius 1 is 1.29 bits per heavy atom. The van der Waals surface area contributed by atoms with Crippen molar-refractivity contribution < 1.29 is 13.5 Å². The molecule has 0 saturated carbocycles. The van der Waals surface area contributed by atoms with E-state index in [2.05, 4.69) is 9.82 Å². The van der Waals surface area contributed by atoms with Crippen molar-refractivity contribution in [3.05, 3.63) is 46.8 Å². The van der Waals surface area contributed by atoms with Crippen LogP contribution in [0.2, 0.25) is 0 Å². The van der Waals surface area contributed by atoms with Gasteiger partial charge in [-0.15, -0.1) is 0 Å². The van der Waals surface area contributed by atoms with Crippen molar-refractivity contribution in [2.24, 2.45) is 7.05 Å². The standard InChI is InChI=1S/C17H23N3O3S/c1-4-13-17(14(5-2)20(3)18-13)24(22,23)19-16-12-9-7-6-8-11(12)10-15(16)21/h6-9,15-16,19,21H,4-5,10H2,1-3H3. The zero-order chi connectivity index (χ0) is 17.5. The maximum Gasteiger partial charge on any atom is 0.244 e. The van der Waals surface area contributed by atoms with Gasteiger partial charge in [-0.05, 0) is 24.0 Å². The molecule has 2 unspecified atom stereocenters. The molecule has 0 amide bonds. The minimum absolute atomic E-state index is 0.256. The predicted molar refractivity (Wildman–Crippen MR) is 91.2 cm³/mol. The fourth-order valence-corrected chi connectivity index (χ4v) is 5.29. The smallest absolute Gasteiger partial charge is 0.244 e. The Balaban J connectivity index is 2.02. The molecule has 0 spiro atoms. The summed E-state index contributed by atoms with van der Waals surface area (Å²) in [4.78, 5) is 0.256. The second-order valence-corrected chi connectivity index (χ2v) is 7.77. The van der Waals surface area contributed by atoms with Gasteiger partial charge < -0.3 is 5.11 Å². The number of sulfonamides is 1. The molecule has 0 aliphatic heterocycles. The highest BCUT2D eigenvalue weighted by Gasteiger charge is 2.36. The minimum atomic E-state index is -3.78. The third-order valence-electron chi connectivity index (χ3n) is 4.61. The number of hydrogen-bond acceptors (Lipinski definition) is 4. The summed E-state index contributed by atoms with van der Waals surface area (Å²) in [6.45, 7) is 3.80. The first-order valence-electron chi connectivity index (χ1n) is 8.22. The molecule has 0 radical (unpaired) electrons. The third-order valence-corrected chi connectivity index (χ3v) is 6.18. The Labute approximate surface area is 142 Å². The fraction of sp³-hybridized carbons (Fsp3) is 0.471. The van der Waals surface area contributed by atoms with Crippen molar-refractivity contribution >= 4 is 10.0 Å². The lowest BCUT2D eigenvalue weighted by Gasteiger charge is -2.18. The molecule has 1 aliphatic carbocycles.